The Morgan fingerprint density at radius 2 is 0.837 bits per heavy atom. The zero-order valence-corrected chi connectivity index (χ0v) is 54.9. The van der Waals surface area contributed by atoms with Crippen molar-refractivity contribution in [1.29, 1.82) is 0 Å². The lowest BCUT2D eigenvalue weighted by molar-refractivity contribution is 0.0685. The smallest absolute Gasteiger partial charge is 0.358 e. The first kappa shape index (κ1) is 76.5. The molecule has 0 saturated carbocycles. The molecule has 0 radical (unpaired) electrons. The number of nitrogens with zero attached hydrogens (tertiary/aromatic N) is 8. The Balaban J connectivity index is 0.000000492. The topological polar surface area (TPSA) is 334 Å². The van der Waals surface area contributed by atoms with Crippen LogP contribution in [0.25, 0.3) is 0 Å². The highest BCUT2D eigenvalue weighted by Crippen LogP contribution is 2.25. The average molecular weight is 1210 g/mol. The average Bonchev–Trinajstić information content (AvgIpc) is 4.10. The monoisotopic (exact) mass is 1210 g/mol. The molecule has 0 atom stereocenters. The van der Waals surface area contributed by atoms with Crippen LogP contribution in [0.15, 0.2) is 84.7 Å². The van der Waals surface area contributed by atoms with Crippen LogP contribution in [0.3, 0.4) is 0 Å². The SMILES string of the molecule is CC(C)c1cc(C(=O)O)no1.CC(C)c1cc(C(C)(C)C)on1.CC(C)c1cc(CO)no1.CC(C)c1cc(CO)on1.CNC(=O)c1cc(C(C)C)on1.COCc1cc(C(C)C)no1.COCc1cc(C(C)C)on1.Cc1cc(C(C)C)on1. The summed E-state index contributed by atoms with van der Waals surface area (Å²) in [5.41, 5.74) is 5.70. The third-order valence-electron chi connectivity index (χ3n) is 11.5. The Hall–Kier alpha value is -7.54. The van der Waals surface area contributed by atoms with Crippen molar-refractivity contribution in [3.05, 3.63) is 140 Å². The van der Waals surface area contributed by atoms with E-state index in [2.05, 4.69) is 123 Å². The number of carboxylic acid groups (broad SMARTS) is 1. The summed E-state index contributed by atoms with van der Waals surface area (Å²) in [6, 6.07) is 14.5. The van der Waals surface area contributed by atoms with E-state index < -0.39 is 5.97 Å². The van der Waals surface area contributed by atoms with Crippen molar-refractivity contribution in [2.75, 3.05) is 21.3 Å². The molecule has 1 amide bonds. The van der Waals surface area contributed by atoms with Crippen molar-refractivity contribution >= 4 is 11.9 Å². The van der Waals surface area contributed by atoms with Crippen molar-refractivity contribution in [3.8, 4) is 0 Å². The summed E-state index contributed by atoms with van der Waals surface area (Å²) < 4.78 is 49.4. The van der Waals surface area contributed by atoms with E-state index in [1.165, 1.54) is 6.07 Å². The maximum atomic E-state index is 11.0. The number of aromatic nitrogens is 8. The van der Waals surface area contributed by atoms with E-state index >= 15 is 0 Å². The van der Waals surface area contributed by atoms with Gasteiger partial charge in [0.05, 0.1) is 36.0 Å². The number of amides is 1. The van der Waals surface area contributed by atoms with Gasteiger partial charge in [-0.15, -0.1) is 0 Å². The molecule has 4 N–H and O–H groups in total. The number of methoxy groups -OCH3 is 2. The predicted octanol–water partition coefficient (Wildman–Crippen LogP) is 14.3. The molecule has 480 valence electrons. The van der Waals surface area contributed by atoms with Gasteiger partial charge in [0.25, 0.3) is 5.91 Å². The molecular formula is C62H97N9O15. The van der Waals surface area contributed by atoms with Gasteiger partial charge in [0.1, 0.15) is 59.2 Å². The fourth-order valence-corrected chi connectivity index (χ4v) is 6.01. The number of nitrogens with one attached hydrogen (secondary N) is 1. The summed E-state index contributed by atoms with van der Waals surface area (Å²) in [7, 11) is 4.84. The summed E-state index contributed by atoms with van der Waals surface area (Å²) >= 11 is 0. The van der Waals surface area contributed by atoms with Gasteiger partial charge in [-0.3, -0.25) is 4.79 Å². The Bertz CT molecular complexity index is 2950. The van der Waals surface area contributed by atoms with Crippen LogP contribution in [-0.2, 0) is 41.3 Å². The lowest BCUT2D eigenvalue weighted by Crippen LogP contribution is -2.17. The quantitative estimate of drug-likeness (QED) is 0.0698. The van der Waals surface area contributed by atoms with Gasteiger partial charge in [-0.1, -0.05) is 173 Å². The Labute approximate surface area is 506 Å². The summed E-state index contributed by atoms with van der Waals surface area (Å²) in [6.45, 7) is 41.8. The summed E-state index contributed by atoms with van der Waals surface area (Å²) in [6.07, 6.45) is 0. The molecule has 24 nitrogen and oxygen atoms in total. The third kappa shape index (κ3) is 29.0. The van der Waals surface area contributed by atoms with Crippen LogP contribution in [0.1, 0.15) is 280 Å². The zero-order valence-electron chi connectivity index (χ0n) is 54.9. The first-order chi connectivity index (χ1) is 40.3. The van der Waals surface area contributed by atoms with Gasteiger partial charge in [-0.05, 0) is 24.7 Å². The molecule has 0 aliphatic rings. The molecule has 0 spiro atoms. The van der Waals surface area contributed by atoms with Crippen LogP contribution in [-0.4, -0.2) is 89.7 Å². The fourth-order valence-electron chi connectivity index (χ4n) is 6.01. The van der Waals surface area contributed by atoms with E-state index in [4.69, 9.17) is 61.0 Å². The lowest BCUT2D eigenvalue weighted by Gasteiger charge is -2.12. The summed E-state index contributed by atoms with van der Waals surface area (Å²) in [5, 5.41) is 58.0. The number of aliphatic hydroxyl groups excluding tert-OH is 2. The number of ether oxygens (including phenoxy) is 2. The van der Waals surface area contributed by atoms with Crippen LogP contribution in [0.4, 0.5) is 0 Å². The number of aromatic carboxylic acids is 1. The predicted molar refractivity (Wildman–Crippen MR) is 322 cm³/mol. The Morgan fingerprint density at radius 1 is 0.453 bits per heavy atom. The number of hydrogen-bond acceptors (Lipinski definition) is 22. The number of aryl methyl sites for hydroxylation is 1. The fraction of sp³-hybridized carbons (Fsp3) is 0.581. The van der Waals surface area contributed by atoms with E-state index in [1.807, 2.05) is 86.6 Å². The summed E-state index contributed by atoms with van der Waals surface area (Å²) in [5.74, 6) is 7.90. The Morgan fingerprint density at radius 3 is 1.14 bits per heavy atom. The molecule has 0 bridgehead atoms. The van der Waals surface area contributed by atoms with E-state index in [-0.39, 0.29) is 42.1 Å². The minimum atomic E-state index is -1.05. The molecule has 8 rings (SSSR count). The first-order valence-electron chi connectivity index (χ1n) is 28.6. The van der Waals surface area contributed by atoms with Crippen molar-refractivity contribution < 1.29 is 70.6 Å². The van der Waals surface area contributed by atoms with Gasteiger partial charge in [0.15, 0.2) is 22.9 Å². The van der Waals surface area contributed by atoms with Gasteiger partial charge in [0.2, 0.25) is 0 Å². The van der Waals surface area contributed by atoms with Crippen molar-refractivity contribution in [2.24, 2.45) is 0 Å². The highest BCUT2D eigenvalue weighted by molar-refractivity contribution is 5.91. The van der Waals surface area contributed by atoms with Gasteiger partial charge >= 0.3 is 5.97 Å². The Kier molecular flexibility index (Phi) is 34.9. The number of carbonyl (C=O) groups is 2. The van der Waals surface area contributed by atoms with Crippen LogP contribution in [0, 0.1) is 6.92 Å². The molecule has 86 heavy (non-hydrogen) atoms. The van der Waals surface area contributed by atoms with Crippen LogP contribution in [0.5, 0.6) is 0 Å². The van der Waals surface area contributed by atoms with Crippen LogP contribution in [0.2, 0.25) is 0 Å². The van der Waals surface area contributed by atoms with Crippen molar-refractivity contribution in [2.45, 2.75) is 218 Å². The van der Waals surface area contributed by atoms with Crippen LogP contribution >= 0.6 is 0 Å². The third-order valence-corrected chi connectivity index (χ3v) is 11.5. The van der Waals surface area contributed by atoms with Crippen LogP contribution < -0.4 is 5.32 Å². The minimum absolute atomic E-state index is 0.0336. The summed E-state index contributed by atoms with van der Waals surface area (Å²) in [4.78, 5) is 21.3. The van der Waals surface area contributed by atoms with E-state index in [0.717, 1.165) is 63.0 Å². The van der Waals surface area contributed by atoms with E-state index in [0.29, 0.717) is 71.6 Å². The second-order valence-electron chi connectivity index (χ2n) is 23.1. The molecule has 0 fully saturated rings. The molecule has 24 heteroatoms. The number of aliphatic hydroxyl groups is 2. The number of carbonyl (C=O) groups excluding carboxylic acids is 1. The molecule has 8 aromatic heterocycles. The van der Waals surface area contributed by atoms with Crippen molar-refractivity contribution in [1.82, 2.24) is 46.6 Å². The molecule has 0 aromatic carbocycles. The van der Waals surface area contributed by atoms with Gasteiger partial charge in [0, 0.05) is 105 Å². The second kappa shape index (κ2) is 39.2. The lowest BCUT2D eigenvalue weighted by atomic mass is 9.92. The van der Waals surface area contributed by atoms with Crippen molar-refractivity contribution in [3.63, 3.8) is 0 Å². The highest BCUT2D eigenvalue weighted by atomic mass is 16.5. The molecule has 0 aliphatic carbocycles. The van der Waals surface area contributed by atoms with Gasteiger partial charge in [-0.25, -0.2) is 4.79 Å². The van der Waals surface area contributed by atoms with E-state index in [1.54, 1.807) is 39.5 Å². The van der Waals surface area contributed by atoms with E-state index in [9.17, 15) is 9.59 Å². The number of hydrogen-bond donors (Lipinski definition) is 4. The highest BCUT2D eigenvalue weighted by Gasteiger charge is 2.20. The molecule has 8 aromatic rings. The number of carboxylic acids is 1. The number of rotatable bonds is 16. The molecule has 0 saturated heterocycles. The largest absolute Gasteiger partial charge is 0.476 e. The standard InChI is InChI=1S/C10H17NO.C8H12N2O2.2C8H13NO2.C7H9NO3.2C7H11NO2.C7H11NO/c1-7(2)8-6-9(12-11-8)10(3,4)5;1-5(2)7-4-6(10-12-7)8(11)9-3;1-6(2)8-4-7(5-10-3)11-9-8;1-6(2)8-4-7(5-10-3)9-11-8;1-4(2)6-3-5(7(9)10)8-11-6;1-5(2)7-3-6(4-9)10-8-7;1-5(2)7-3-6(4-9)8-10-7;1-5(2)7-4-6(3)8-9-7/h6-7H,1-5H3;4-5H,1-3H3,(H,9,11);2*4,6H,5H2,1-3H3;3-4H,1-2H3,(H,9,10);2*3,5,9H,4H2,1-2H3;4-5H,1-3H3. The molecule has 8 heterocycles. The molecule has 0 aliphatic heterocycles. The van der Waals surface area contributed by atoms with Gasteiger partial charge < -0.3 is 66.3 Å². The molecule has 0 unspecified atom stereocenters. The maximum absolute atomic E-state index is 11.0. The first-order valence-corrected chi connectivity index (χ1v) is 28.6. The maximum Gasteiger partial charge on any atom is 0.358 e. The molecular weight excluding hydrogens is 1110 g/mol. The second-order valence-corrected chi connectivity index (χ2v) is 23.1. The minimum Gasteiger partial charge on any atom is -0.476 e. The zero-order chi connectivity index (χ0) is 65.4. The van der Waals surface area contributed by atoms with Gasteiger partial charge in [-0.2, -0.15) is 0 Å². The normalized spacial score (nSPS) is 10.9.